The molecule has 22 heavy (non-hydrogen) atoms. The zero-order valence-corrected chi connectivity index (χ0v) is 12.3. The zero-order chi connectivity index (χ0) is 15.4. The van der Waals surface area contributed by atoms with E-state index in [0.717, 1.165) is 11.3 Å². The number of nitrogens with one attached hydrogen (secondary N) is 1. The molecule has 0 aliphatic heterocycles. The van der Waals surface area contributed by atoms with E-state index in [-0.39, 0.29) is 18.3 Å². The molecule has 0 fully saturated rings. The fourth-order valence-electron chi connectivity index (χ4n) is 1.93. The van der Waals surface area contributed by atoms with Crippen LogP contribution in [0.2, 0.25) is 0 Å². The highest BCUT2D eigenvalue weighted by Gasteiger charge is 2.12. The average Bonchev–Trinajstić information content (AvgIpc) is 3.05. The molecule has 0 atom stereocenters. The molecule has 3 rings (SSSR count). The molecule has 1 N–H and O–H groups in total. The van der Waals surface area contributed by atoms with Crippen molar-refractivity contribution in [3.63, 3.8) is 0 Å². The highest BCUT2D eigenvalue weighted by molar-refractivity contribution is 7.12. The van der Waals surface area contributed by atoms with E-state index < -0.39 is 0 Å². The number of thiazole rings is 1. The summed E-state index contributed by atoms with van der Waals surface area (Å²) in [6.07, 6.45) is 3.35. The first kappa shape index (κ1) is 14.3. The molecule has 6 heteroatoms. The molecule has 1 aromatic carbocycles. The second-order valence-corrected chi connectivity index (χ2v) is 5.41. The third-order valence-electron chi connectivity index (χ3n) is 3.07. The van der Waals surface area contributed by atoms with E-state index in [2.05, 4.69) is 15.3 Å². The number of rotatable bonds is 4. The lowest BCUT2D eigenvalue weighted by molar-refractivity contribution is 0.0950. The lowest BCUT2D eigenvalue weighted by Crippen LogP contribution is -2.23. The largest absolute Gasteiger partial charge is 0.346 e. The number of nitrogens with zero attached hydrogens (tertiary/aromatic N) is 2. The molecule has 0 radical (unpaired) electrons. The van der Waals surface area contributed by atoms with Crippen molar-refractivity contribution in [2.75, 3.05) is 0 Å². The van der Waals surface area contributed by atoms with Gasteiger partial charge in [0.2, 0.25) is 0 Å². The first-order valence-corrected chi connectivity index (χ1v) is 7.49. The van der Waals surface area contributed by atoms with Gasteiger partial charge in [0.1, 0.15) is 5.82 Å². The molecule has 110 valence electrons. The maximum absolute atomic E-state index is 13.5. The highest BCUT2D eigenvalue weighted by Crippen LogP contribution is 2.21. The van der Waals surface area contributed by atoms with Gasteiger partial charge in [-0.15, -0.1) is 11.3 Å². The van der Waals surface area contributed by atoms with Gasteiger partial charge in [-0.25, -0.2) is 9.37 Å². The summed E-state index contributed by atoms with van der Waals surface area (Å²) in [6, 6.07) is 10.0. The van der Waals surface area contributed by atoms with Crippen molar-refractivity contribution in [3.05, 3.63) is 70.6 Å². The summed E-state index contributed by atoms with van der Waals surface area (Å²) in [5, 5.41) is 4.84. The summed E-state index contributed by atoms with van der Waals surface area (Å²) in [5.74, 6) is -0.645. The second kappa shape index (κ2) is 6.44. The fraction of sp³-hybridized carbons (Fsp3) is 0.0625. The monoisotopic (exact) mass is 313 g/mol. The second-order valence-electron chi connectivity index (χ2n) is 4.55. The van der Waals surface area contributed by atoms with Crippen LogP contribution in [-0.4, -0.2) is 15.9 Å². The van der Waals surface area contributed by atoms with E-state index in [1.807, 2.05) is 17.5 Å². The maximum Gasteiger partial charge on any atom is 0.280 e. The molecular formula is C16H12FN3OS. The first-order chi connectivity index (χ1) is 10.7. The number of carbonyl (C=O) groups excluding carboxylic acids is 1. The molecule has 0 aliphatic carbocycles. The van der Waals surface area contributed by atoms with E-state index in [0.29, 0.717) is 10.6 Å². The average molecular weight is 313 g/mol. The Hall–Kier alpha value is -2.60. The van der Waals surface area contributed by atoms with E-state index in [4.69, 9.17) is 0 Å². The number of halogens is 1. The lowest BCUT2D eigenvalue weighted by atomic mass is 10.2. The van der Waals surface area contributed by atoms with Crippen molar-refractivity contribution in [3.8, 4) is 11.3 Å². The molecule has 0 saturated carbocycles. The van der Waals surface area contributed by atoms with Crippen molar-refractivity contribution in [2.24, 2.45) is 0 Å². The summed E-state index contributed by atoms with van der Waals surface area (Å²) >= 11 is 1.25. The molecule has 2 aromatic heterocycles. The third kappa shape index (κ3) is 3.17. The van der Waals surface area contributed by atoms with Gasteiger partial charge in [-0.2, -0.15) is 0 Å². The van der Waals surface area contributed by atoms with Crippen LogP contribution < -0.4 is 5.32 Å². The molecule has 4 nitrogen and oxygen atoms in total. The molecule has 0 unspecified atom stereocenters. The van der Waals surface area contributed by atoms with Gasteiger partial charge >= 0.3 is 0 Å². The minimum atomic E-state index is -0.334. The van der Waals surface area contributed by atoms with Gasteiger partial charge < -0.3 is 5.32 Å². The molecule has 0 saturated heterocycles. The summed E-state index contributed by atoms with van der Waals surface area (Å²) in [7, 11) is 0. The Morgan fingerprint density at radius 1 is 1.18 bits per heavy atom. The van der Waals surface area contributed by atoms with Crippen LogP contribution in [0.3, 0.4) is 0 Å². The summed E-state index contributed by atoms with van der Waals surface area (Å²) in [5.41, 5.74) is 2.07. The number of pyridine rings is 1. The molecule has 1 amide bonds. The van der Waals surface area contributed by atoms with Crippen LogP contribution in [0.15, 0.2) is 54.2 Å². The number of amides is 1. The zero-order valence-electron chi connectivity index (χ0n) is 11.5. The van der Waals surface area contributed by atoms with Crippen molar-refractivity contribution in [1.82, 2.24) is 15.3 Å². The van der Waals surface area contributed by atoms with E-state index >= 15 is 0 Å². The van der Waals surface area contributed by atoms with Crippen molar-refractivity contribution in [2.45, 2.75) is 6.54 Å². The smallest absolute Gasteiger partial charge is 0.280 e. The van der Waals surface area contributed by atoms with E-state index in [1.54, 1.807) is 30.6 Å². The molecular weight excluding hydrogens is 301 g/mol. The number of aromatic nitrogens is 2. The van der Waals surface area contributed by atoms with E-state index in [9.17, 15) is 9.18 Å². The normalized spacial score (nSPS) is 10.4. The standard InChI is InChI=1S/C16H12FN3OS/c17-13-4-2-1-3-12(13)9-19-15(21)16-20-14(10-22-16)11-5-7-18-8-6-11/h1-8,10H,9H2,(H,19,21). The molecule has 3 aromatic rings. The molecule has 0 aliphatic rings. The van der Waals surface area contributed by atoms with E-state index in [1.165, 1.54) is 17.4 Å². The predicted molar refractivity (Wildman–Crippen MR) is 82.9 cm³/mol. The fourth-order valence-corrected chi connectivity index (χ4v) is 2.67. The maximum atomic E-state index is 13.5. The Labute approximate surface area is 130 Å². The van der Waals surface area contributed by atoms with Gasteiger partial charge in [-0.05, 0) is 18.2 Å². The number of carbonyl (C=O) groups is 1. The Bertz CT molecular complexity index is 789. The van der Waals surface area contributed by atoms with Gasteiger partial charge in [0.05, 0.1) is 5.69 Å². The minimum absolute atomic E-state index is 0.135. The van der Waals surface area contributed by atoms with Crippen LogP contribution in [0.5, 0.6) is 0 Å². The summed E-state index contributed by atoms with van der Waals surface area (Å²) in [6.45, 7) is 0.135. The van der Waals surface area contributed by atoms with Crippen LogP contribution in [0.4, 0.5) is 4.39 Å². The van der Waals surface area contributed by atoms with Crippen molar-refractivity contribution in [1.29, 1.82) is 0 Å². The van der Waals surface area contributed by atoms with Crippen LogP contribution in [-0.2, 0) is 6.54 Å². The predicted octanol–water partition coefficient (Wildman–Crippen LogP) is 3.27. The minimum Gasteiger partial charge on any atom is -0.346 e. The SMILES string of the molecule is O=C(NCc1ccccc1F)c1nc(-c2ccncc2)cs1. The number of hydrogen-bond acceptors (Lipinski definition) is 4. The Balaban J connectivity index is 1.69. The van der Waals surface area contributed by atoms with Crippen molar-refractivity contribution < 1.29 is 9.18 Å². The van der Waals surface area contributed by atoms with Crippen LogP contribution in [0.1, 0.15) is 15.4 Å². The molecule has 0 spiro atoms. The quantitative estimate of drug-likeness (QED) is 0.804. The summed E-state index contributed by atoms with van der Waals surface area (Å²) < 4.78 is 13.5. The molecule has 0 bridgehead atoms. The first-order valence-electron chi connectivity index (χ1n) is 6.61. The Morgan fingerprint density at radius 3 is 2.73 bits per heavy atom. The topological polar surface area (TPSA) is 54.9 Å². The molecule has 2 heterocycles. The van der Waals surface area contributed by atoms with Gasteiger partial charge in [0.25, 0.3) is 5.91 Å². The van der Waals surface area contributed by atoms with Crippen LogP contribution in [0.25, 0.3) is 11.3 Å². The Morgan fingerprint density at radius 2 is 1.95 bits per heavy atom. The van der Waals surface area contributed by atoms with Gasteiger partial charge in [0.15, 0.2) is 5.01 Å². The van der Waals surface area contributed by atoms with Crippen LogP contribution in [0, 0.1) is 5.82 Å². The van der Waals surface area contributed by atoms with Crippen molar-refractivity contribution >= 4 is 17.2 Å². The number of hydrogen-bond donors (Lipinski definition) is 1. The lowest BCUT2D eigenvalue weighted by Gasteiger charge is -2.04. The van der Waals surface area contributed by atoms with Crippen LogP contribution >= 0.6 is 11.3 Å². The number of benzene rings is 1. The van der Waals surface area contributed by atoms with Gasteiger partial charge in [-0.1, -0.05) is 18.2 Å². The third-order valence-corrected chi connectivity index (χ3v) is 3.91. The van der Waals surface area contributed by atoms with Gasteiger partial charge in [0, 0.05) is 35.4 Å². The summed E-state index contributed by atoms with van der Waals surface area (Å²) in [4.78, 5) is 20.3. The highest BCUT2D eigenvalue weighted by atomic mass is 32.1. The Kier molecular flexibility index (Phi) is 4.20. The van der Waals surface area contributed by atoms with Gasteiger partial charge in [-0.3, -0.25) is 9.78 Å².